The number of amides is 2. The third-order valence-corrected chi connectivity index (χ3v) is 7.96. The quantitative estimate of drug-likeness (QED) is 0.281. The number of nitrogens with one attached hydrogen (secondary N) is 2. The summed E-state index contributed by atoms with van der Waals surface area (Å²) in [6.07, 6.45) is 2.61. The van der Waals surface area contributed by atoms with E-state index in [-0.39, 0.29) is 28.8 Å². The molecule has 1 spiro atoms. The molecular formula is C28H31IN8O3. The van der Waals surface area contributed by atoms with E-state index < -0.39 is 5.91 Å². The fraction of sp³-hybridized carbons (Fsp3) is 0.321. The van der Waals surface area contributed by atoms with Gasteiger partial charge in [0.15, 0.2) is 23.3 Å². The van der Waals surface area contributed by atoms with Gasteiger partial charge in [0, 0.05) is 26.1 Å². The number of nitrogen functional groups attached to an aromatic ring is 2. The largest absolute Gasteiger partial charge is 0.489 e. The van der Waals surface area contributed by atoms with Crippen LogP contribution in [0.1, 0.15) is 40.9 Å². The molecule has 0 aliphatic carbocycles. The van der Waals surface area contributed by atoms with Gasteiger partial charge >= 0.3 is 5.91 Å². The molecule has 2 aliphatic heterocycles. The average Bonchev–Trinajstić information content (AvgIpc) is 3.35. The van der Waals surface area contributed by atoms with Crippen molar-refractivity contribution >= 4 is 52.0 Å². The number of rotatable bonds is 7. The lowest BCUT2D eigenvalue weighted by Crippen LogP contribution is -2.53. The van der Waals surface area contributed by atoms with Crippen molar-refractivity contribution in [3.8, 4) is 5.75 Å². The van der Waals surface area contributed by atoms with Crippen molar-refractivity contribution in [1.29, 1.82) is 0 Å². The Morgan fingerprint density at radius 3 is 2.45 bits per heavy atom. The molecule has 2 aliphatic rings. The highest BCUT2D eigenvalue weighted by Gasteiger charge is 2.40. The Hall–Kier alpha value is -3.94. The Morgan fingerprint density at radius 2 is 1.73 bits per heavy atom. The van der Waals surface area contributed by atoms with Crippen LogP contribution in [0.5, 0.6) is 5.75 Å². The predicted molar refractivity (Wildman–Crippen MR) is 161 cm³/mol. The molecule has 11 nitrogen and oxygen atoms in total. The Kier molecular flexibility index (Phi) is 8.33. The van der Waals surface area contributed by atoms with Crippen LogP contribution in [-0.4, -0.2) is 57.8 Å². The van der Waals surface area contributed by atoms with E-state index in [1.165, 1.54) is 0 Å². The van der Waals surface area contributed by atoms with E-state index >= 15 is 0 Å². The summed E-state index contributed by atoms with van der Waals surface area (Å²) in [5, 5.41) is 6.51. The number of carbonyl (C=O) groups excluding carboxylic acids is 2. The normalized spacial score (nSPS) is 16.9. The monoisotopic (exact) mass is 654 g/mol. The highest BCUT2D eigenvalue weighted by Crippen LogP contribution is 2.25. The van der Waals surface area contributed by atoms with E-state index in [1.807, 2.05) is 82.1 Å². The first kappa shape index (κ1) is 27.6. The molecule has 208 valence electrons. The van der Waals surface area contributed by atoms with Gasteiger partial charge in [0.25, 0.3) is 0 Å². The van der Waals surface area contributed by atoms with E-state index in [0.29, 0.717) is 48.7 Å². The number of anilines is 2. The first-order valence-electron chi connectivity index (χ1n) is 13.1. The smallest absolute Gasteiger partial charge is 0.302 e. The fourth-order valence-electron chi connectivity index (χ4n) is 4.80. The first-order valence-corrected chi connectivity index (χ1v) is 14.2. The van der Waals surface area contributed by atoms with Gasteiger partial charge in [0.1, 0.15) is 16.1 Å². The van der Waals surface area contributed by atoms with Gasteiger partial charge in [-0.1, -0.05) is 42.5 Å². The molecule has 3 aromatic rings. The van der Waals surface area contributed by atoms with Crippen LogP contribution in [-0.2, 0) is 17.8 Å². The van der Waals surface area contributed by atoms with Gasteiger partial charge in [-0.25, -0.2) is 9.97 Å². The second-order valence-corrected chi connectivity index (χ2v) is 11.0. The molecule has 0 radical (unpaired) electrons. The topological polar surface area (TPSA) is 161 Å². The number of aromatic nitrogens is 2. The summed E-state index contributed by atoms with van der Waals surface area (Å²) < 4.78 is 6.24. The SMILES string of the molecule is Nc1nc(N)c(C(=O)/N=C2\NCC3(CCN(C(=O)CCc4ccc(OCc5ccccc5)cc4)CC3)N2)nc1I. The maximum atomic E-state index is 12.9. The number of halogens is 1. The van der Waals surface area contributed by atoms with Gasteiger partial charge in [-0.2, -0.15) is 4.99 Å². The fourth-order valence-corrected chi connectivity index (χ4v) is 5.16. The summed E-state index contributed by atoms with van der Waals surface area (Å²) in [7, 11) is 0. The Labute approximate surface area is 245 Å². The van der Waals surface area contributed by atoms with Crippen molar-refractivity contribution in [2.45, 2.75) is 37.8 Å². The second kappa shape index (κ2) is 12.1. The van der Waals surface area contributed by atoms with E-state index in [4.69, 9.17) is 16.2 Å². The molecule has 0 atom stereocenters. The van der Waals surface area contributed by atoms with Crippen LogP contribution < -0.4 is 26.8 Å². The molecule has 2 fully saturated rings. The van der Waals surface area contributed by atoms with Gasteiger partial charge < -0.3 is 31.7 Å². The van der Waals surface area contributed by atoms with E-state index in [9.17, 15) is 9.59 Å². The van der Waals surface area contributed by atoms with Crippen LogP contribution in [0, 0.1) is 3.70 Å². The average molecular weight is 655 g/mol. The lowest BCUT2D eigenvalue weighted by atomic mass is 9.88. The molecule has 2 saturated heterocycles. The van der Waals surface area contributed by atoms with Crippen molar-refractivity contribution in [3.63, 3.8) is 0 Å². The molecule has 0 saturated carbocycles. The number of nitrogens with zero attached hydrogens (tertiary/aromatic N) is 4. The van der Waals surface area contributed by atoms with Crippen molar-refractivity contribution in [3.05, 3.63) is 75.1 Å². The summed E-state index contributed by atoms with van der Waals surface area (Å²) in [6, 6.07) is 18.0. The molecule has 40 heavy (non-hydrogen) atoms. The molecule has 2 amide bonds. The third-order valence-electron chi connectivity index (χ3n) is 7.17. The predicted octanol–water partition coefficient (Wildman–Crippen LogP) is 2.51. The maximum absolute atomic E-state index is 12.9. The Balaban J connectivity index is 1.07. The van der Waals surface area contributed by atoms with Crippen molar-refractivity contribution < 1.29 is 14.3 Å². The zero-order valence-corrected chi connectivity index (χ0v) is 24.1. The van der Waals surface area contributed by atoms with Crippen LogP contribution in [0.4, 0.5) is 11.6 Å². The van der Waals surface area contributed by atoms with Crippen LogP contribution in [0.15, 0.2) is 59.6 Å². The number of benzene rings is 2. The lowest BCUT2D eigenvalue weighted by molar-refractivity contribution is -0.132. The number of likely N-dealkylation sites (tertiary alicyclic amines) is 1. The van der Waals surface area contributed by atoms with Crippen LogP contribution >= 0.6 is 22.6 Å². The van der Waals surface area contributed by atoms with Crippen molar-refractivity contribution in [1.82, 2.24) is 25.5 Å². The number of hydrogen-bond acceptors (Lipinski definition) is 7. The molecule has 0 unspecified atom stereocenters. The zero-order valence-electron chi connectivity index (χ0n) is 21.9. The highest BCUT2D eigenvalue weighted by atomic mass is 127. The first-order chi connectivity index (χ1) is 19.3. The minimum Gasteiger partial charge on any atom is -0.489 e. The van der Waals surface area contributed by atoms with Crippen LogP contribution in [0.3, 0.4) is 0 Å². The number of guanidine groups is 1. The standard InChI is InChI=1S/C28H31IN8O3/c29-23-25(31)34-24(30)22(33-23)26(39)35-27-32-17-28(36-27)12-14-37(15-13-28)21(38)11-8-18-6-9-20(10-7-18)40-16-19-4-2-1-3-5-19/h1-7,9-10H,8,11-17H2,(H4,30,31,34)(H2,32,35,36,39). The summed E-state index contributed by atoms with van der Waals surface area (Å²) in [6.45, 7) is 2.40. The number of piperidine rings is 1. The third kappa shape index (κ3) is 6.61. The van der Waals surface area contributed by atoms with Gasteiger partial charge in [-0.15, -0.1) is 0 Å². The lowest BCUT2D eigenvalue weighted by Gasteiger charge is -2.38. The van der Waals surface area contributed by atoms with E-state index in [2.05, 4.69) is 25.6 Å². The molecule has 12 heteroatoms. The number of ether oxygens (including phenoxy) is 1. The molecule has 5 rings (SSSR count). The van der Waals surface area contributed by atoms with Gasteiger partial charge in [-0.05, 0) is 65.1 Å². The number of aryl methyl sites for hydroxylation is 1. The number of nitrogens with two attached hydrogens (primary N) is 2. The Bertz CT molecular complexity index is 1410. The molecule has 2 aromatic carbocycles. The summed E-state index contributed by atoms with van der Waals surface area (Å²) in [5.41, 5.74) is 13.4. The summed E-state index contributed by atoms with van der Waals surface area (Å²) in [4.78, 5) is 39.7. The summed E-state index contributed by atoms with van der Waals surface area (Å²) >= 11 is 1.89. The number of aliphatic imine (C=N–C) groups is 1. The van der Waals surface area contributed by atoms with E-state index in [1.54, 1.807) is 0 Å². The van der Waals surface area contributed by atoms with Crippen molar-refractivity contribution in [2.24, 2.45) is 4.99 Å². The minimum atomic E-state index is -0.599. The minimum absolute atomic E-state index is 0.0367. The van der Waals surface area contributed by atoms with E-state index in [0.717, 1.165) is 29.7 Å². The highest BCUT2D eigenvalue weighted by molar-refractivity contribution is 14.1. The maximum Gasteiger partial charge on any atom is 0.302 e. The molecule has 1 aromatic heterocycles. The number of hydrogen-bond donors (Lipinski definition) is 4. The van der Waals surface area contributed by atoms with Crippen LogP contribution in [0.25, 0.3) is 0 Å². The van der Waals surface area contributed by atoms with Crippen LogP contribution in [0.2, 0.25) is 0 Å². The number of carbonyl (C=O) groups is 2. The molecule has 0 bridgehead atoms. The molecular weight excluding hydrogens is 623 g/mol. The van der Waals surface area contributed by atoms with Crippen molar-refractivity contribution in [2.75, 3.05) is 31.1 Å². The van der Waals surface area contributed by atoms with Gasteiger partial charge in [0.05, 0.1) is 5.54 Å². The summed E-state index contributed by atoms with van der Waals surface area (Å²) in [5.74, 6) is 0.830. The molecule has 3 heterocycles. The second-order valence-electron chi connectivity index (χ2n) is 9.96. The Morgan fingerprint density at radius 1 is 1.00 bits per heavy atom. The molecule has 6 N–H and O–H groups in total. The van der Waals surface area contributed by atoms with Gasteiger partial charge in [-0.3, -0.25) is 9.59 Å². The zero-order chi connectivity index (χ0) is 28.1. The van der Waals surface area contributed by atoms with Gasteiger partial charge in [0.2, 0.25) is 5.91 Å².